The highest BCUT2D eigenvalue weighted by molar-refractivity contribution is 7.07. The molecule has 0 aliphatic rings. The zero-order valence-electron chi connectivity index (χ0n) is 8.97. The van der Waals surface area contributed by atoms with E-state index in [1.165, 1.54) is 11.3 Å². The third kappa shape index (κ3) is 2.36. The van der Waals surface area contributed by atoms with Crippen LogP contribution in [0, 0.1) is 6.92 Å². The zero-order chi connectivity index (χ0) is 10.7. The second-order valence-electron chi connectivity index (χ2n) is 3.52. The second-order valence-corrected chi connectivity index (χ2v) is 4.36. The molecule has 3 heteroatoms. The summed E-state index contributed by atoms with van der Waals surface area (Å²) < 4.78 is 2.12. The van der Waals surface area contributed by atoms with E-state index in [0.29, 0.717) is 0 Å². The summed E-state index contributed by atoms with van der Waals surface area (Å²) >= 11 is 1.69. The maximum atomic E-state index is 4.58. The fourth-order valence-electron chi connectivity index (χ4n) is 1.33. The minimum atomic E-state index is 0.759. The number of thiazole rings is 1. The summed E-state index contributed by atoms with van der Waals surface area (Å²) in [4.78, 5) is 5.66. The van der Waals surface area contributed by atoms with Gasteiger partial charge in [-0.15, -0.1) is 11.3 Å². The van der Waals surface area contributed by atoms with Crippen LogP contribution in [0.1, 0.15) is 11.3 Å². The maximum Gasteiger partial charge on any atom is 0.184 e. The number of hydrogen-bond acceptors (Lipinski definition) is 2. The minimum Gasteiger partial charge on any atom is -0.324 e. The normalized spacial score (nSPS) is 12.0. The number of benzene rings is 1. The Balaban J connectivity index is 2.23. The molecule has 2 nitrogen and oxygen atoms in total. The molecule has 0 spiro atoms. The molecule has 0 fully saturated rings. The maximum absolute atomic E-state index is 4.58. The van der Waals surface area contributed by atoms with E-state index in [1.54, 1.807) is 11.3 Å². The molecule has 1 heterocycles. The Morgan fingerprint density at radius 2 is 2.00 bits per heavy atom. The van der Waals surface area contributed by atoms with E-state index in [1.807, 2.05) is 18.2 Å². The van der Waals surface area contributed by atoms with E-state index in [2.05, 4.69) is 41.0 Å². The monoisotopic (exact) mass is 218 g/mol. The van der Waals surface area contributed by atoms with Crippen LogP contribution in [-0.4, -0.2) is 4.57 Å². The zero-order valence-corrected chi connectivity index (χ0v) is 9.79. The summed E-state index contributed by atoms with van der Waals surface area (Å²) in [7, 11) is 2.05. The van der Waals surface area contributed by atoms with Crippen LogP contribution in [0.15, 0.2) is 40.7 Å². The molecule has 15 heavy (non-hydrogen) atoms. The minimum absolute atomic E-state index is 0.759. The summed E-state index contributed by atoms with van der Waals surface area (Å²) in [6, 6.07) is 10.3. The third-order valence-corrected chi connectivity index (χ3v) is 3.46. The number of aryl methyl sites for hydroxylation is 1. The van der Waals surface area contributed by atoms with Gasteiger partial charge < -0.3 is 4.57 Å². The first kappa shape index (κ1) is 10.2. The molecule has 0 aliphatic carbocycles. The van der Waals surface area contributed by atoms with Crippen LogP contribution < -0.4 is 4.80 Å². The summed E-state index contributed by atoms with van der Waals surface area (Å²) in [5, 5.41) is 2.13. The van der Waals surface area contributed by atoms with E-state index < -0.39 is 0 Å². The van der Waals surface area contributed by atoms with E-state index in [-0.39, 0.29) is 0 Å². The fraction of sp³-hybridized carbons (Fsp3) is 0.250. The Morgan fingerprint density at radius 1 is 1.27 bits per heavy atom. The highest BCUT2D eigenvalue weighted by atomic mass is 32.1. The van der Waals surface area contributed by atoms with Crippen LogP contribution in [0.25, 0.3) is 0 Å². The van der Waals surface area contributed by atoms with Crippen LogP contribution in [-0.2, 0) is 13.6 Å². The van der Waals surface area contributed by atoms with Gasteiger partial charge in [-0.3, -0.25) is 4.99 Å². The van der Waals surface area contributed by atoms with Crippen LogP contribution in [0.3, 0.4) is 0 Å². The van der Waals surface area contributed by atoms with Crippen molar-refractivity contribution in [2.75, 3.05) is 0 Å². The number of hydrogen-bond donors (Lipinski definition) is 0. The topological polar surface area (TPSA) is 17.3 Å². The molecule has 0 saturated heterocycles. The summed E-state index contributed by atoms with van der Waals surface area (Å²) in [5.41, 5.74) is 2.51. The molecular weight excluding hydrogens is 204 g/mol. The van der Waals surface area contributed by atoms with Crippen LogP contribution in [0.4, 0.5) is 0 Å². The average molecular weight is 218 g/mol. The summed E-state index contributed by atoms with van der Waals surface area (Å²) in [6.07, 6.45) is 0. The largest absolute Gasteiger partial charge is 0.324 e. The SMILES string of the molecule is Cc1csc(=NCc2ccccc2)n1C. The van der Waals surface area contributed by atoms with Gasteiger partial charge in [0.15, 0.2) is 4.80 Å². The molecule has 0 bridgehead atoms. The lowest BCUT2D eigenvalue weighted by Gasteiger charge is -1.96. The van der Waals surface area contributed by atoms with Gasteiger partial charge >= 0.3 is 0 Å². The molecule has 1 aromatic carbocycles. The predicted octanol–water partition coefficient (Wildman–Crippen LogP) is 2.50. The fourth-order valence-corrected chi connectivity index (χ4v) is 2.21. The molecule has 0 unspecified atom stereocenters. The predicted molar refractivity (Wildman–Crippen MR) is 63.7 cm³/mol. The number of nitrogens with zero attached hydrogens (tertiary/aromatic N) is 2. The molecule has 78 valence electrons. The van der Waals surface area contributed by atoms with Crippen molar-refractivity contribution in [3.8, 4) is 0 Å². The number of rotatable bonds is 2. The standard InChI is InChI=1S/C12H14N2S/c1-10-9-15-12(14(10)2)13-8-11-6-4-3-5-7-11/h3-7,9H,8H2,1-2H3. The van der Waals surface area contributed by atoms with Crippen molar-refractivity contribution in [1.29, 1.82) is 0 Å². The Labute approximate surface area is 93.5 Å². The second kappa shape index (κ2) is 4.45. The molecule has 2 rings (SSSR count). The van der Waals surface area contributed by atoms with Crippen molar-refractivity contribution in [2.45, 2.75) is 13.5 Å². The molecule has 0 N–H and O–H groups in total. The van der Waals surface area contributed by atoms with Crippen LogP contribution >= 0.6 is 11.3 Å². The molecule has 0 aliphatic heterocycles. The first-order chi connectivity index (χ1) is 7.27. The molecule has 0 amide bonds. The molecule has 0 atom stereocenters. The van der Waals surface area contributed by atoms with Gasteiger partial charge in [0.1, 0.15) is 0 Å². The first-order valence-corrected chi connectivity index (χ1v) is 5.81. The van der Waals surface area contributed by atoms with Gasteiger partial charge in [-0.25, -0.2) is 0 Å². The Bertz CT molecular complexity index is 494. The van der Waals surface area contributed by atoms with Crippen molar-refractivity contribution in [3.63, 3.8) is 0 Å². The van der Waals surface area contributed by atoms with Crippen molar-refractivity contribution >= 4 is 11.3 Å². The molecular formula is C12H14N2S. The quantitative estimate of drug-likeness (QED) is 0.737. The van der Waals surface area contributed by atoms with Gasteiger partial charge in [0, 0.05) is 18.1 Å². The van der Waals surface area contributed by atoms with Gasteiger partial charge in [-0.2, -0.15) is 0 Å². The first-order valence-electron chi connectivity index (χ1n) is 4.93. The molecule has 2 aromatic rings. The lowest BCUT2D eigenvalue weighted by molar-refractivity contribution is 0.808. The van der Waals surface area contributed by atoms with Gasteiger partial charge in [0.25, 0.3) is 0 Å². The summed E-state index contributed by atoms with van der Waals surface area (Å²) in [6.45, 7) is 2.85. The third-order valence-electron chi connectivity index (χ3n) is 2.39. The smallest absolute Gasteiger partial charge is 0.184 e. The van der Waals surface area contributed by atoms with E-state index in [0.717, 1.165) is 11.3 Å². The van der Waals surface area contributed by atoms with E-state index >= 15 is 0 Å². The van der Waals surface area contributed by atoms with Crippen molar-refractivity contribution in [3.05, 3.63) is 51.8 Å². The van der Waals surface area contributed by atoms with Gasteiger partial charge in [0.05, 0.1) is 6.54 Å². The van der Waals surface area contributed by atoms with Crippen LogP contribution in [0.5, 0.6) is 0 Å². The molecule has 0 radical (unpaired) electrons. The highest BCUT2D eigenvalue weighted by Gasteiger charge is 1.94. The Hall–Kier alpha value is -1.35. The number of aromatic nitrogens is 1. The van der Waals surface area contributed by atoms with Gasteiger partial charge in [0.2, 0.25) is 0 Å². The lowest BCUT2D eigenvalue weighted by Crippen LogP contribution is -2.11. The average Bonchev–Trinajstić information content (AvgIpc) is 2.59. The molecule has 1 aromatic heterocycles. The molecule has 0 saturated carbocycles. The van der Waals surface area contributed by atoms with E-state index in [9.17, 15) is 0 Å². The van der Waals surface area contributed by atoms with E-state index in [4.69, 9.17) is 0 Å². The highest BCUT2D eigenvalue weighted by Crippen LogP contribution is 2.01. The van der Waals surface area contributed by atoms with Gasteiger partial charge in [-0.1, -0.05) is 30.3 Å². The summed E-state index contributed by atoms with van der Waals surface area (Å²) in [5.74, 6) is 0. The Kier molecular flexibility index (Phi) is 3.02. The van der Waals surface area contributed by atoms with Gasteiger partial charge in [-0.05, 0) is 12.5 Å². The lowest BCUT2D eigenvalue weighted by atomic mass is 10.2. The Morgan fingerprint density at radius 3 is 2.60 bits per heavy atom. The van der Waals surface area contributed by atoms with Crippen LogP contribution in [0.2, 0.25) is 0 Å². The van der Waals surface area contributed by atoms with Crippen molar-refractivity contribution < 1.29 is 0 Å². The van der Waals surface area contributed by atoms with Crippen molar-refractivity contribution in [2.24, 2.45) is 12.0 Å². The van der Waals surface area contributed by atoms with Crippen molar-refractivity contribution in [1.82, 2.24) is 4.57 Å².